The van der Waals surface area contributed by atoms with Gasteiger partial charge in [-0.25, -0.2) is 4.79 Å². The predicted octanol–water partition coefficient (Wildman–Crippen LogP) is 3.26. The van der Waals surface area contributed by atoms with E-state index in [0.717, 1.165) is 17.0 Å². The first-order chi connectivity index (χ1) is 14.8. The molecule has 0 unspecified atom stereocenters. The van der Waals surface area contributed by atoms with E-state index >= 15 is 0 Å². The number of carbonyl (C=O) groups is 4. The molecule has 1 N–H and O–H groups in total. The van der Waals surface area contributed by atoms with Gasteiger partial charge < -0.3 is 10.2 Å². The molecule has 2 heterocycles. The highest BCUT2D eigenvalue weighted by Crippen LogP contribution is 2.27. The molecule has 2 saturated heterocycles. The summed E-state index contributed by atoms with van der Waals surface area (Å²) in [4.78, 5) is 53.7. The number of amides is 5. The normalized spacial score (nSPS) is 18.8. The second-order valence-electron chi connectivity index (χ2n) is 7.47. The van der Waals surface area contributed by atoms with Gasteiger partial charge in [-0.15, -0.1) is 0 Å². The molecule has 0 spiro atoms. The van der Waals surface area contributed by atoms with Crippen LogP contribution < -0.4 is 15.1 Å². The molecule has 0 radical (unpaired) electrons. The van der Waals surface area contributed by atoms with Gasteiger partial charge in [-0.05, 0) is 61.9 Å². The number of hydrogen-bond acceptors (Lipinski definition) is 4. The minimum atomic E-state index is -0.723. The van der Waals surface area contributed by atoms with Gasteiger partial charge in [-0.2, -0.15) is 0 Å². The van der Waals surface area contributed by atoms with Gasteiger partial charge >= 0.3 is 6.03 Å². The zero-order chi connectivity index (χ0) is 22.1. The lowest BCUT2D eigenvalue weighted by molar-refractivity contribution is -0.130. The molecule has 4 rings (SSSR count). The monoisotopic (exact) mass is 440 g/mol. The number of halogens is 1. The van der Waals surface area contributed by atoms with E-state index in [9.17, 15) is 19.2 Å². The summed E-state index contributed by atoms with van der Waals surface area (Å²) in [6, 6.07) is 12.2. The van der Waals surface area contributed by atoms with Gasteiger partial charge in [0.25, 0.3) is 5.91 Å². The van der Waals surface area contributed by atoms with Crippen molar-refractivity contribution in [3.05, 3.63) is 53.6 Å². The van der Waals surface area contributed by atoms with Crippen molar-refractivity contribution in [1.82, 2.24) is 4.90 Å². The molecule has 9 heteroatoms. The molecule has 1 atom stereocenters. The summed E-state index contributed by atoms with van der Waals surface area (Å²) in [5.74, 6) is -0.850. The Hall–Kier alpha value is -3.39. The third-order valence-electron chi connectivity index (χ3n) is 5.39. The van der Waals surface area contributed by atoms with Crippen molar-refractivity contribution in [2.45, 2.75) is 25.8 Å². The van der Waals surface area contributed by atoms with E-state index in [0.29, 0.717) is 29.4 Å². The molecule has 0 aromatic heterocycles. The Balaban J connectivity index is 1.41. The van der Waals surface area contributed by atoms with E-state index in [1.165, 1.54) is 4.90 Å². The largest absolute Gasteiger partial charge is 0.332 e. The van der Waals surface area contributed by atoms with Crippen molar-refractivity contribution in [2.24, 2.45) is 0 Å². The number of benzene rings is 2. The average Bonchev–Trinajstić information content (AvgIpc) is 3.26. The van der Waals surface area contributed by atoms with Crippen LogP contribution in [0, 0.1) is 0 Å². The molecular formula is C22H21ClN4O4. The number of anilines is 3. The number of rotatable bonds is 5. The highest BCUT2D eigenvalue weighted by molar-refractivity contribution is 6.30. The summed E-state index contributed by atoms with van der Waals surface area (Å²) < 4.78 is 0. The number of hydrogen-bond donors (Lipinski definition) is 1. The van der Waals surface area contributed by atoms with Crippen molar-refractivity contribution in [3.63, 3.8) is 0 Å². The van der Waals surface area contributed by atoms with Crippen LogP contribution in [0.15, 0.2) is 48.5 Å². The maximum Gasteiger partial charge on any atom is 0.332 e. The van der Waals surface area contributed by atoms with E-state index in [2.05, 4.69) is 5.32 Å². The summed E-state index contributed by atoms with van der Waals surface area (Å²) in [7, 11) is 0. The summed E-state index contributed by atoms with van der Waals surface area (Å²) in [5.41, 5.74) is 1.82. The van der Waals surface area contributed by atoms with Crippen LogP contribution in [0.3, 0.4) is 0 Å². The minimum absolute atomic E-state index is 0.0854. The lowest BCUT2D eigenvalue weighted by Gasteiger charge is -2.19. The van der Waals surface area contributed by atoms with Gasteiger partial charge in [0.05, 0.1) is 0 Å². The number of nitrogens with zero attached hydrogens (tertiary/aromatic N) is 3. The van der Waals surface area contributed by atoms with Crippen molar-refractivity contribution in [3.8, 4) is 0 Å². The fraction of sp³-hybridized carbons (Fsp3) is 0.273. The highest BCUT2D eigenvalue weighted by Gasteiger charge is 2.44. The predicted molar refractivity (Wildman–Crippen MR) is 117 cm³/mol. The number of imide groups is 1. The standard InChI is InChI=1S/C22H21ClN4O4/c1-14-21(30)26(22(31)27(14)18-8-4-15(23)5-9-18)13-19(28)24-16-6-10-17(11-7-16)25-12-2-3-20(25)29/h4-11,14H,2-3,12-13H2,1H3,(H,24,28)/t14-/m0/s1. The molecule has 31 heavy (non-hydrogen) atoms. The van der Waals surface area contributed by atoms with Crippen LogP contribution in [0.25, 0.3) is 0 Å². The first kappa shape index (κ1) is 20.9. The van der Waals surface area contributed by atoms with Crippen molar-refractivity contribution in [1.29, 1.82) is 0 Å². The zero-order valence-electron chi connectivity index (χ0n) is 16.9. The Morgan fingerprint density at radius 1 is 1.03 bits per heavy atom. The first-order valence-electron chi connectivity index (χ1n) is 9.95. The second kappa shape index (κ2) is 8.39. The number of urea groups is 1. The molecule has 2 aromatic carbocycles. The number of nitrogens with one attached hydrogen (secondary N) is 1. The van der Waals surface area contributed by atoms with Gasteiger partial charge in [-0.3, -0.25) is 24.2 Å². The Labute approximate surface area is 184 Å². The van der Waals surface area contributed by atoms with Crippen LogP contribution in [0.5, 0.6) is 0 Å². The van der Waals surface area contributed by atoms with Crippen molar-refractivity contribution >= 4 is 52.4 Å². The fourth-order valence-electron chi connectivity index (χ4n) is 3.80. The molecule has 0 bridgehead atoms. The summed E-state index contributed by atoms with van der Waals surface area (Å²) in [5, 5.41) is 3.21. The molecular weight excluding hydrogens is 420 g/mol. The Morgan fingerprint density at radius 3 is 2.29 bits per heavy atom. The fourth-order valence-corrected chi connectivity index (χ4v) is 3.92. The SMILES string of the molecule is C[C@H]1C(=O)N(CC(=O)Nc2ccc(N3CCCC3=O)cc2)C(=O)N1c1ccc(Cl)cc1. The van der Waals surface area contributed by atoms with E-state index in [1.807, 2.05) is 0 Å². The van der Waals surface area contributed by atoms with Crippen molar-refractivity contribution in [2.75, 3.05) is 28.2 Å². The van der Waals surface area contributed by atoms with Crippen LogP contribution in [-0.2, 0) is 14.4 Å². The van der Waals surface area contributed by atoms with Crippen LogP contribution in [-0.4, -0.2) is 47.8 Å². The minimum Gasteiger partial charge on any atom is -0.325 e. The Kier molecular flexibility index (Phi) is 5.65. The van der Waals surface area contributed by atoms with Crippen LogP contribution in [0.4, 0.5) is 21.9 Å². The topological polar surface area (TPSA) is 90.0 Å². The molecule has 160 valence electrons. The Morgan fingerprint density at radius 2 is 1.68 bits per heavy atom. The van der Waals surface area contributed by atoms with E-state index in [1.54, 1.807) is 60.4 Å². The molecule has 2 aromatic rings. The molecule has 2 aliphatic rings. The van der Waals surface area contributed by atoms with Crippen molar-refractivity contribution < 1.29 is 19.2 Å². The van der Waals surface area contributed by atoms with Crippen LogP contribution >= 0.6 is 11.6 Å². The van der Waals surface area contributed by atoms with Gasteiger partial charge in [0.15, 0.2) is 0 Å². The van der Waals surface area contributed by atoms with E-state index < -0.39 is 30.4 Å². The maximum atomic E-state index is 12.8. The zero-order valence-corrected chi connectivity index (χ0v) is 17.6. The van der Waals surface area contributed by atoms with Gasteiger partial charge in [0.1, 0.15) is 12.6 Å². The van der Waals surface area contributed by atoms with Crippen LogP contribution in [0.1, 0.15) is 19.8 Å². The van der Waals surface area contributed by atoms with Gasteiger partial charge in [0, 0.05) is 35.1 Å². The van der Waals surface area contributed by atoms with E-state index in [-0.39, 0.29) is 5.91 Å². The molecule has 2 aliphatic heterocycles. The van der Waals surface area contributed by atoms with Crippen LogP contribution in [0.2, 0.25) is 5.02 Å². The smallest absolute Gasteiger partial charge is 0.325 e. The third kappa shape index (κ3) is 4.11. The summed E-state index contributed by atoms with van der Waals surface area (Å²) in [6.45, 7) is 1.91. The molecule has 0 aliphatic carbocycles. The maximum absolute atomic E-state index is 12.8. The second-order valence-corrected chi connectivity index (χ2v) is 7.91. The lowest BCUT2D eigenvalue weighted by Crippen LogP contribution is -2.39. The first-order valence-corrected chi connectivity index (χ1v) is 10.3. The highest BCUT2D eigenvalue weighted by atomic mass is 35.5. The summed E-state index contributed by atoms with van der Waals surface area (Å²) >= 11 is 5.90. The Bertz CT molecular complexity index is 1040. The van der Waals surface area contributed by atoms with Gasteiger partial charge in [0.2, 0.25) is 11.8 Å². The summed E-state index contributed by atoms with van der Waals surface area (Å²) in [6.07, 6.45) is 1.38. The number of carbonyl (C=O) groups excluding carboxylic acids is 4. The quantitative estimate of drug-likeness (QED) is 0.722. The van der Waals surface area contributed by atoms with Gasteiger partial charge in [-0.1, -0.05) is 11.6 Å². The molecule has 5 amide bonds. The third-order valence-corrected chi connectivity index (χ3v) is 5.64. The average molecular weight is 441 g/mol. The lowest BCUT2D eigenvalue weighted by atomic mass is 10.2. The molecule has 2 fully saturated rings. The molecule has 0 saturated carbocycles. The molecule has 8 nitrogen and oxygen atoms in total. The van der Waals surface area contributed by atoms with E-state index in [4.69, 9.17) is 11.6 Å².